The van der Waals surface area contributed by atoms with E-state index >= 15 is 0 Å². The molecule has 2 atom stereocenters. The fourth-order valence-electron chi connectivity index (χ4n) is 2.35. The molecule has 5 heteroatoms. The lowest BCUT2D eigenvalue weighted by molar-refractivity contribution is 0.0849. The maximum atomic E-state index is 5.99. The van der Waals surface area contributed by atoms with Crippen LogP contribution in [0.2, 0.25) is 5.15 Å². The molecule has 1 fully saturated rings. The van der Waals surface area contributed by atoms with Crippen molar-refractivity contribution in [1.29, 1.82) is 0 Å². The van der Waals surface area contributed by atoms with E-state index in [9.17, 15) is 0 Å². The Balaban J connectivity index is 2.11. The summed E-state index contributed by atoms with van der Waals surface area (Å²) in [7, 11) is 0. The summed E-state index contributed by atoms with van der Waals surface area (Å²) in [6.45, 7) is 2.22. The summed E-state index contributed by atoms with van der Waals surface area (Å²) < 4.78 is 6.64. The fourth-order valence-corrected chi connectivity index (χ4v) is 2.78. The molecule has 0 saturated heterocycles. The number of ether oxygens (including phenoxy) is 1. The standard InChI is InChI=1S/C12H16BrClN2O/c1-2-8-5-3-4-6-9(8)17-12-10(13)11(14)15-7-16-12/h7-9H,2-6H2,1H3. The van der Waals surface area contributed by atoms with Gasteiger partial charge in [-0.15, -0.1) is 0 Å². The first-order valence-electron chi connectivity index (χ1n) is 6.05. The van der Waals surface area contributed by atoms with Gasteiger partial charge in [0.25, 0.3) is 0 Å². The summed E-state index contributed by atoms with van der Waals surface area (Å²) in [5.74, 6) is 1.19. The molecule has 0 bridgehead atoms. The van der Waals surface area contributed by atoms with Gasteiger partial charge in [-0.2, -0.15) is 0 Å². The van der Waals surface area contributed by atoms with E-state index in [2.05, 4.69) is 32.8 Å². The van der Waals surface area contributed by atoms with Gasteiger partial charge in [-0.05, 0) is 47.5 Å². The highest BCUT2D eigenvalue weighted by atomic mass is 79.9. The quantitative estimate of drug-likeness (QED) is 0.782. The first-order chi connectivity index (χ1) is 8.22. The summed E-state index contributed by atoms with van der Waals surface area (Å²) in [5, 5.41) is 0.402. The Bertz CT molecular complexity index is 389. The molecule has 0 spiro atoms. The summed E-state index contributed by atoms with van der Waals surface area (Å²) in [5.41, 5.74) is 0. The largest absolute Gasteiger partial charge is 0.473 e. The minimum Gasteiger partial charge on any atom is -0.473 e. The highest BCUT2D eigenvalue weighted by Gasteiger charge is 2.26. The highest BCUT2D eigenvalue weighted by Crippen LogP contribution is 2.34. The van der Waals surface area contributed by atoms with Crippen molar-refractivity contribution < 1.29 is 4.74 Å². The van der Waals surface area contributed by atoms with Gasteiger partial charge >= 0.3 is 0 Å². The number of aromatic nitrogens is 2. The molecule has 0 aromatic carbocycles. The topological polar surface area (TPSA) is 35.0 Å². The number of nitrogens with zero attached hydrogens (tertiary/aromatic N) is 2. The normalized spacial score (nSPS) is 24.6. The summed E-state index contributed by atoms with van der Waals surface area (Å²) >= 11 is 9.29. The van der Waals surface area contributed by atoms with Crippen molar-refractivity contribution in [3.8, 4) is 5.88 Å². The molecule has 1 heterocycles. The minimum atomic E-state index is 0.260. The van der Waals surface area contributed by atoms with Crippen molar-refractivity contribution in [1.82, 2.24) is 9.97 Å². The van der Waals surface area contributed by atoms with Gasteiger partial charge in [-0.25, -0.2) is 9.97 Å². The zero-order valence-electron chi connectivity index (χ0n) is 9.83. The van der Waals surface area contributed by atoms with Crippen LogP contribution >= 0.6 is 27.5 Å². The first kappa shape index (κ1) is 13.1. The average molecular weight is 320 g/mol. The van der Waals surface area contributed by atoms with Crippen molar-refractivity contribution >= 4 is 27.5 Å². The molecule has 0 N–H and O–H groups in total. The molecule has 17 heavy (non-hydrogen) atoms. The number of hydrogen-bond donors (Lipinski definition) is 0. The third-order valence-corrected chi connectivity index (χ3v) is 4.57. The van der Waals surface area contributed by atoms with Gasteiger partial charge in [0.15, 0.2) is 5.15 Å². The second-order valence-electron chi connectivity index (χ2n) is 4.39. The van der Waals surface area contributed by atoms with E-state index in [-0.39, 0.29) is 6.10 Å². The van der Waals surface area contributed by atoms with Gasteiger partial charge in [-0.1, -0.05) is 24.9 Å². The molecular weight excluding hydrogens is 304 g/mol. The molecule has 94 valence electrons. The zero-order valence-corrected chi connectivity index (χ0v) is 12.2. The zero-order chi connectivity index (χ0) is 12.3. The van der Waals surface area contributed by atoms with Crippen LogP contribution in [0.5, 0.6) is 5.88 Å². The highest BCUT2D eigenvalue weighted by molar-refractivity contribution is 9.10. The number of halogens is 2. The molecule has 1 aliphatic carbocycles. The third-order valence-electron chi connectivity index (χ3n) is 3.34. The molecule has 1 saturated carbocycles. The molecule has 0 radical (unpaired) electrons. The third kappa shape index (κ3) is 3.10. The van der Waals surface area contributed by atoms with Crippen LogP contribution in [0.4, 0.5) is 0 Å². The molecule has 1 aliphatic rings. The lowest BCUT2D eigenvalue weighted by Crippen LogP contribution is -2.30. The van der Waals surface area contributed by atoms with E-state index in [1.165, 1.54) is 25.6 Å². The summed E-state index contributed by atoms with van der Waals surface area (Å²) in [6, 6.07) is 0. The molecule has 2 rings (SSSR count). The van der Waals surface area contributed by atoms with Gasteiger partial charge < -0.3 is 4.74 Å². The number of rotatable bonds is 3. The fraction of sp³-hybridized carbons (Fsp3) is 0.667. The van der Waals surface area contributed by atoms with Crippen LogP contribution in [0.15, 0.2) is 10.8 Å². The van der Waals surface area contributed by atoms with Crippen LogP contribution in [-0.4, -0.2) is 16.1 Å². The molecule has 3 nitrogen and oxygen atoms in total. The van der Waals surface area contributed by atoms with Gasteiger partial charge in [0.2, 0.25) is 5.88 Å². The van der Waals surface area contributed by atoms with E-state index in [0.717, 1.165) is 12.8 Å². The number of hydrogen-bond acceptors (Lipinski definition) is 3. The molecule has 0 aliphatic heterocycles. The Hall–Kier alpha value is -0.350. The summed E-state index contributed by atoms with van der Waals surface area (Å²) in [6.07, 6.45) is 7.75. The van der Waals surface area contributed by atoms with Crippen molar-refractivity contribution in [2.45, 2.75) is 45.1 Å². The molecule has 1 aromatic heterocycles. The van der Waals surface area contributed by atoms with Crippen LogP contribution in [0.25, 0.3) is 0 Å². The van der Waals surface area contributed by atoms with E-state index in [0.29, 0.717) is 21.4 Å². The second-order valence-corrected chi connectivity index (χ2v) is 5.54. The van der Waals surface area contributed by atoms with Gasteiger partial charge in [-0.3, -0.25) is 0 Å². The Kier molecular flexibility index (Phi) is 4.62. The van der Waals surface area contributed by atoms with Gasteiger partial charge in [0, 0.05) is 0 Å². The molecule has 0 amide bonds. The smallest absolute Gasteiger partial charge is 0.232 e. The van der Waals surface area contributed by atoms with Crippen molar-refractivity contribution in [3.63, 3.8) is 0 Å². The summed E-state index contributed by atoms with van der Waals surface area (Å²) in [4.78, 5) is 8.04. The van der Waals surface area contributed by atoms with Crippen molar-refractivity contribution in [2.24, 2.45) is 5.92 Å². The van der Waals surface area contributed by atoms with Crippen LogP contribution in [-0.2, 0) is 0 Å². The maximum absolute atomic E-state index is 5.99. The predicted octanol–water partition coefficient (Wildman–Crippen LogP) is 4.24. The SMILES string of the molecule is CCC1CCCCC1Oc1ncnc(Cl)c1Br. The van der Waals surface area contributed by atoms with Crippen LogP contribution in [0.3, 0.4) is 0 Å². The second kappa shape index (κ2) is 6.01. The predicted molar refractivity (Wildman–Crippen MR) is 71.4 cm³/mol. The molecule has 1 aromatic rings. The van der Waals surface area contributed by atoms with Crippen LogP contribution in [0.1, 0.15) is 39.0 Å². The maximum Gasteiger partial charge on any atom is 0.232 e. The monoisotopic (exact) mass is 318 g/mol. The lowest BCUT2D eigenvalue weighted by Gasteiger charge is -2.30. The van der Waals surface area contributed by atoms with Crippen molar-refractivity contribution in [2.75, 3.05) is 0 Å². The molecule has 2 unspecified atom stereocenters. The van der Waals surface area contributed by atoms with E-state index < -0.39 is 0 Å². The minimum absolute atomic E-state index is 0.260. The Labute approximate surface area is 115 Å². The van der Waals surface area contributed by atoms with Crippen LogP contribution < -0.4 is 4.74 Å². The van der Waals surface area contributed by atoms with Crippen LogP contribution in [0, 0.1) is 5.92 Å². The van der Waals surface area contributed by atoms with E-state index in [1.807, 2.05) is 0 Å². The first-order valence-corrected chi connectivity index (χ1v) is 7.22. The molecular formula is C12H16BrClN2O. The van der Waals surface area contributed by atoms with E-state index in [1.54, 1.807) is 0 Å². The Morgan fingerprint density at radius 2 is 2.18 bits per heavy atom. The Morgan fingerprint density at radius 3 is 2.94 bits per heavy atom. The van der Waals surface area contributed by atoms with Gasteiger partial charge in [0.05, 0.1) is 0 Å². The Morgan fingerprint density at radius 1 is 1.41 bits per heavy atom. The van der Waals surface area contributed by atoms with E-state index in [4.69, 9.17) is 16.3 Å². The average Bonchev–Trinajstić information content (AvgIpc) is 2.35. The van der Waals surface area contributed by atoms with Crippen molar-refractivity contribution in [3.05, 3.63) is 16.0 Å². The van der Waals surface area contributed by atoms with Gasteiger partial charge in [0.1, 0.15) is 16.9 Å². The lowest BCUT2D eigenvalue weighted by atomic mass is 9.85.